The molecule has 0 aliphatic rings. The van der Waals surface area contributed by atoms with Gasteiger partial charge in [-0.3, -0.25) is 4.79 Å². The summed E-state index contributed by atoms with van der Waals surface area (Å²) < 4.78 is 0. The second-order valence-corrected chi connectivity index (χ2v) is 1.96. The van der Waals surface area contributed by atoms with Gasteiger partial charge in [-0.05, 0) is 13.6 Å². The van der Waals surface area contributed by atoms with Crippen LogP contribution in [0.4, 0.5) is 0 Å². The van der Waals surface area contributed by atoms with Gasteiger partial charge in [0.1, 0.15) is 0 Å². The van der Waals surface area contributed by atoms with Gasteiger partial charge in [0.2, 0.25) is 5.91 Å². The van der Waals surface area contributed by atoms with E-state index < -0.39 is 0 Å². The molecule has 0 rings (SSSR count). The Balaban J connectivity index is 3.16. The van der Waals surface area contributed by atoms with Crippen LogP contribution in [0.2, 0.25) is 0 Å². The van der Waals surface area contributed by atoms with Crippen LogP contribution in [0.3, 0.4) is 0 Å². The van der Waals surface area contributed by atoms with Gasteiger partial charge in [-0.1, -0.05) is 6.92 Å². The van der Waals surface area contributed by atoms with Crippen LogP contribution in [-0.4, -0.2) is 30.9 Å². The summed E-state index contributed by atoms with van der Waals surface area (Å²) in [6.45, 7) is 3.60. The Morgan fingerprint density at radius 2 is 2.33 bits per heavy atom. The summed E-state index contributed by atoms with van der Waals surface area (Å²) in [4.78, 5) is 12.2. The Hall–Kier alpha value is -0.570. The van der Waals surface area contributed by atoms with Gasteiger partial charge >= 0.3 is 0 Å². The molecular weight excluding hydrogens is 116 g/mol. The highest BCUT2D eigenvalue weighted by molar-refractivity contribution is 5.83. The minimum atomic E-state index is -0.352. The summed E-state index contributed by atoms with van der Waals surface area (Å²) in [7, 11) is 1.93. The van der Waals surface area contributed by atoms with Crippen molar-refractivity contribution in [3.63, 3.8) is 0 Å². The predicted octanol–water partition coefficient (Wildman–Crippen LogP) is -0.372. The molecule has 0 fully saturated rings. The highest BCUT2D eigenvalue weighted by atomic mass is 16.1. The van der Waals surface area contributed by atoms with Gasteiger partial charge in [-0.25, -0.2) is 0 Å². The molecule has 2 N–H and O–H groups in total. The van der Waals surface area contributed by atoms with Crippen LogP contribution in [0, 0.1) is 6.42 Å². The first-order chi connectivity index (χ1) is 4.16. The fourth-order valence-electron chi connectivity index (χ4n) is 0.375. The van der Waals surface area contributed by atoms with Crippen LogP contribution in [0.15, 0.2) is 0 Å². The van der Waals surface area contributed by atoms with Crippen molar-refractivity contribution in [2.75, 3.05) is 20.1 Å². The Kier molecular flexibility index (Phi) is 4.05. The monoisotopic (exact) mass is 129 g/mol. The number of nitrogens with two attached hydrogens (primary N) is 1. The summed E-state index contributed by atoms with van der Waals surface area (Å²) >= 11 is 0. The Morgan fingerprint density at radius 3 is 2.67 bits per heavy atom. The molecule has 0 saturated heterocycles. The molecular formula is C6H13N2O. The van der Waals surface area contributed by atoms with Gasteiger partial charge in [-0.2, -0.15) is 0 Å². The van der Waals surface area contributed by atoms with Crippen LogP contribution in [0.5, 0.6) is 0 Å². The van der Waals surface area contributed by atoms with Gasteiger partial charge < -0.3 is 10.6 Å². The van der Waals surface area contributed by atoms with E-state index in [9.17, 15) is 4.79 Å². The van der Waals surface area contributed by atoms with Gasteiger partial charge in [0.15, 0.2) is 0 Å². The van der Waals surface area contributed by atoms with Crippen molar-refractivity contribution in [1.82, 2.24) is 4.90 Å². The molecule has 3 heteroatoms. The second kappa shape index (κ2) is 4.32. The van der Waals surface area contributed by atoms with E-state index in [-0.39, 0.29) is 5.91 Å². The molecule has 0 aromatic heterocycles. The number of rotatable bonds is 4. The van der Waals surface area contributed by atoms with E-state index in [0.29, 0.717) is 6.54 Å². The van der Waals surface area contributed by atoms with Crippen LogP contribution in [0.1, 0.15) is 6.92 Å². The van der Waals surface area contributed by atoms with E-state index in [1.54, 1.807) is 0 Å². The average molecular weight is 129 g/mol. The zero-order valence-electron chi connectivity index (χ0n) is 5.92. The third-order valence-electron chi connectivity index (χ3n) is 1.14. The number of nitrogens with zero attached hydrogens (tertiary/aromatic N) is 1. The van der Waals surface area contributed by atoms with Gasteiger partial charge in [0.05, 0.1) is 6.42 Å². The summed E-state index contributed by atoms with van der Waals surface area (Å²) in [6.07, 6.45) is 1.46. The number of carbonyl (C=O) groups excluding carboxylic acids is 1. The number of primary amides is 1. The van der Waals surface area contributed by atoms with E-state index in [4.69, 9.17) is 5.73 Å². The lowest BCUT2D eigenvalue weighted by Crippen LogP contribution is -2.24. The van der Waals surface area contributed by atoms with E-state index in [1.165, 1.54) is 6.42 Å². The molecule has 0 bridgehead atoms. The normalized spacial score (nSPS) is 10.1. The molecule has 0 heterocycles. The van der Waals surface area contributed by atoms with E-state index >= 15 is 0 Å². The number of carbonyl (C=O) groups is 1. The van der Waals surface area contributed by atoms with Crippen molar-refractivity contribution in [3.8, 4) is 0 Å². The van der Waals surface area contributed by atoms with Crippen molar-refractivity contribution < 1.29 is 4.79 Å². The smallest absolute Gasteiger partial charge is 0.222 e. The topological polar surface area (TPSA) is 46.3 Å². The quantitative estimate of drug-likeness (QED) is 0.563. The zero-order chi connectivity index (χ0) is 7.28. The third-order valence-corrected chi connectivity index (χ3v) is 1.14. The predicted molar refractivity (Wildman–Crippen MR) is 36.7 cm³/mol. The van der Waals surface area contributed by atoms with Crippen molar-refractivity contribution in [2.45, 2.75) is 6.92 Å². The Morgan fingerprint density at radius 1 is 1.78 bits per heavy atom. The van der Waals surface area contributed by atoms with Crippen molar-refractivity contribution in [2.24, 2.45) is 5.73 Å². The summed E-state index contributed by atoms with van der Waals surface area (Å²) in [5, 5.41) is 0. The lowest BCUT2D eigenvalue weighted by molar-refractivity contribution is -0.115. The minimum absolute atomic E-state index is 0.352. The maximum absolute atomic E-state index is 10.2. The fourth-order valence-corrected chi connectivity index (χ4v) is 0.375. The zero-order valence-corrected chi connectivity index (χ0v) is 5.92. The molecule has 1 amide bonds. The Bertz CT molecular complexity index is 93.1. The fraction of sp³-hybridized carbons (Fsp3) is 0.667. The maximum Gasteiger partial charge on any atom is 0.222 e. The first kappa shape index (κ1) is 8.43. The summed E-state index contributed by atoms with van der Waals surface area (Å²) in [5.74, 6) is -0.352. The van der Waals surface area contributed by atoms with Crippen molar-refractivity contribution >= 4 is 5.91 Å². The van der Waals surface area contributed by atoms with Crippen LogP contribution < -0.4 is 5.73 Å². The average Bonchev–Trinajstić information content (AvgIpc) is 1.83. The molecule has 0 aliphatic heterocycles. The molecule has 1 radical (unpaired) electrons. The van der Waals surface area contributed by atoms with Crippen LogP contribution in [0.25, 0.3) is 0 Å². The molecule has 0 aromatic rings. The standard InChI is InChI=1S/C6H13N2O/c1-3-8(2)5-4-6(7)9/h4H,3,5H2,1-2H3,(H2,7,9). The molecule has 0 spiro atoms. The molecule has 9 heavy (non-hydrogen) atoms. The molecule has 0 aromatic carbocycles. The lowest BCUT2D eigenvalue weighted by Gasteiger charge is -2.10. The third kappa shape index (κ3) is 5.30. The molecule has 53 valence electrons. The lowest BCUT2D eigenvalue weighted by atomic mass is 10.4. The van der Waals surface area contributed by atoms with Gasteiger partial charge in [-0.15, -0.1) is 0 Å². The molecule has 3 nitrogen and oxygen atoms in total. The maximum atomic E-state index is 10.2. The summed E-state index contributed by atoms with van der Waals surface area (Å²) in [6, 6.07) is 0. The SMILES string of the molecule is CCN(C)C[CH]C(N)=O. The van der Waals surface area contributed by atoms with Crippen LogP contribution >= 0.6 is 0 Å². The van der Waals surface area contributed by atoms with Gasteiger partial charge in [0.25, 0.3) is 0 Å². The molecule has 0 saturated carbocycles. The van der Waals surface area contributed by atoms with E-state index in [1.807, 2.05) is 18.9 Å². The summed E-state index contributed by atoms with van der Waals surface area (Å²) in [5.41, 5.74) is 4.87. The molecule has 0 aliphatic carbocycles. The highest BCUT2D eigenvalue weighted by Crippen LogP contribution is 1.82. The number of amides is 1. The Labute approximate surface area is 55.8 Å². The van der Waals surface area contributed by atoms with E-state index in [0.717, 1.165) is 6.54 Å². The van der Waals surface area contributed by atoms with Gasteiger partial charge in [0, 0.05) is 6.54 Å². The largest absolute Gasteiger partial charge is 0.369 e. The number of hydrogen-bond donors (Lipinski definition) is 1. The molecule has 0 atom stereocenters. The highest BCUT2D eigenvalue weighted by Gasteiger charge is 1.97. The molecule has 0 unspecified atom stereocenters. The first-order valence-electron chi connectivity index (χ1n) is 2.98. The second-order valence-electron chi connectivity index (χ2n) is 1.96. The first-order valence-corrected chi connectivity index (χ1v) is 2.98. The van der Waals surface area contributed by atoms with Crippen molar-refractivity contribution in [1.29, 1.82) is 0 Å². The number of hydrogen-bond acceptors (Lipinski definition) is 2. The minimum Gasteiger partial charge on any atom is -0.369 e. The van der Waals surface area contributed by atoms with Crippen LogP contribution in [-0.2, 0) is 4.79 Å². The van der Waals surface area contributed by atoms with E-state index in [2.05, 4.69) is 0 Å². The van der Waals surface area contributed by atoms with Crippen molar-refractivity contribution in [3.05, 3.63) is 6.42 Å².